The summed E-state index contributed by atoms with van der Waals surface area (Å²) in [5.74, 6) is 2.59. The number of nitrogens with one attached hydrogen (secondary N) is 1. The molecule has 0 aliphatic rings. The van der Waals surface area contributed by atoms with Crippen molar-refractivity contribution in [2.75, 3.05) is 14.2 Å². The molecule has 0 amide bonds. The zero-order valence-corrected chi connectivity index (χ0v) is 12.1. The number of rotatable bonds is 5. The van der Waals surface area contributed by atoms with Gasteiger partial charge in [0.05, 0.1) is 13.2 Å². The van der Waals surface area contributed by atoms with Crippen LogP contribution in [0, 0.1) is 0 Å². The van der Waals surface area contributed by atoms with E-state index in [1.165, 1.54) is 0 Å². The van der Waals surface area contributed by atoms with Gasteiger partial charge in [-0.25, -0.2) is 0 Å². The molecule has 1 aromatic heterocycles. The van der Waals surface area contributed by atoms with Gasteiger partial charge in [-0.15, -0.1) is 0 Å². The van der Waals surface area contributed by atoms with E-state index in [9.17, 15) is 0 Å². The topological polar surface area (TPSA) is 34.4 Å². The van der Waals surface area contributed by atoms with E-state index in [0.717, 1.165) is 29.3 Å². The van der Waals surface area contributed by atoms with Crippen molar-refractivity contribution in [3.63, 3.8) is 0 Å². The van der Waals surface area contributed by atoms with Gasteiger partial charge in [0.25, 0.3) is 0 Å². The van der Waals surface area contributed by atoms with Crippen LogP contribution in [0.25, 0.3) is 0 Å². The molecule has 0 aliphatic carbocycles. The molecule has 2 aromatic rings. The van der Waals surface area contributed by atoms with Crippen molar-refractivity contribution < 1.29 is 9.15 Å². The smallest absolute Gasteiger partial charge is 0.125 e. The van der Waals surface area contributed by atoms with Crippen molar-refractivity contribution in [2.24, 2.45) is 0 Å². The molecule has 0 fully saturated rings. The van der Waals surface area contributed by atoms with Crippen LogP contribution in [-0.2, 0) is 6.42 Å². The lowest BCUT2D eigenvalue weighted by Gasteiger charge is -2.16. The normalized spacial score (nSPS) is 12.4. The Hall–Kier alpha value is -1.45. The van der Waals surface area contributed by atoms with Crippen molar-refractivity contribution in [2.45, 2.75) is 19.4 Å². The van der Waals surface area contributed by atoms with Crippen LogP contribution in [0.2, 0.25) is 5.02 Å². The highest BCUT2D eigenvalue weighted by molar-refractivity contribution is 6.31. The first-order chi connectivity index (χ1) is 9.19. The van der Waals surface area contributed by atoms with Gasteiger partial charge in [0.1, 0.15) is 17.3 Å². The second-order valence-electron chi connectivity index (χ2n) is 4.27. The summed E-state index contributed by atoms with van der Waals surface area (Å²) in [6.45, 7) is 2.07. The molecule has 19 heavy (non-hydrogen) atoms. The van der Waals surface area contributed by atoms with Gasteiger partial charge in [-0.2, -0.15) is 0 Å². The van der Waals surface area contributed by atoms with Crippen molar-refractivity contribution in [1.29, 1.82) is 0 Å². The average Bonchev–Trinajstić information content (AvgIpc) is 2.90. The lowest BCUT2D eigenvalue weighted by Crippen LogP contribution is -2.17. The molecule has 2 rings (SSSR count). The van der Waals surface area contributed by atoms with Gasteiger partial charge in [0, 0.05) is 11.4 Å². The molecule has 0 bridgehead atoms. The largest absolute Gasteiger partial charge is 0.497 e. The first-order valence-corrected chi connectivity index (χ1v) is 6.66. The minimum Gasteiger partial charge on any atom is -0.497 e. The van der Waals surface area contributed by atoms with Crippen LogP contribution in [0.5, 0.6) is 5.75 Å². The van der Waals surface area contributed by atoms with Gasteiger partial charge in [0.2, 0.25) is 0 Å². The second-order valence-corrected chi connectivity index (χ2v) is 4.67. The zero-order chi connectivity index (χ0) is 13.8. The van der Waals surface area contributed by atoms with E-state index >= 15 is 0 Å². The van der Waals surface area contributed by atoms with Gasteiger partial charge in [-0.1, -0.05) is 24.6 Å². The first-order valence-electron chi connectivity index (χ1n) is 6.29. The van der Waals surface area contributed by atoms with Gasteiger partial charge in [-0.3, -0.25) is 0 Å². The summed E-state index contributed by atoms with van der Waals surface area (Å²) in [6, 6.07) is 9.59. The third kappa shape index (κ3) is 2.94. The molecule has 1 atom stereocenters. The highest BCUT2D eigenvalue weighted by atomic mass is 35.5. The van der Waals surface area contributed by atoms with E-state index in [1.807, 2.05) is 37.4 Å². The molecule has 0 spiro atoms. The van der Waals surface area contributed by atoms with E-state index in [-0.39, 0.29) is 6.04 Å². The van der Waals surface area contributed by atoms with Gasteiger partial charge in [-0.05, 0) is 36.9 Å². The number of hydrogen-bond acceptors (Lipinski definition) is 3. The summed E-state index contributed by atoms with van der Waals surface area (Å²) in [6.07, 6.45) is 0.882. The van der Waals surface area contributed by atoms with E-state index in [4.69, 9.17) is 20.8 Å². The lowest BCUT2D eigenvalue weighted by atomic mass is 10.0. The molecule has 0 radical (unpaired) electrons. The predicted molar refractivity (Wildman–Crippen MR) is 77.0 cm³/mol. The van der Waals surface area contributed by atoms with Crippen molar-refractivity contribution in [3.8, 4) is 5.75 Å². The fraction of sp³-hybridized carbons (Fsp3) is 0.333. The van der Waals surface area contributed by atoms with Crippen LogP contribution < -0.4 is 10.1 Å². The van der Waals surface area contributed by atoms with Crippen LogP contribution >= 0.6 is 11.6 Å². The number of aryl methyl sites for hydroxylation is 1. The molecule has 0 aliphatic heterocycles. The Labute approximate surface area is 118 Å². The van der Waals surface area contributed by atoms with Crippen LogP contribution in [0.15, 0.2) is 34.7 Å². The molecule has 0 saturated heterocycles. The SMILES string of the molecule is CCc1ccc(C(NC)c2ccc(OC)cc2Cl)o1. The fourth-order valence-corrected chi connectivity index (χ4v) is 2.34. The summed E-state index contributed by atoms with van der Waals surface area (Å²) in [5, 5.41) is 3.89. The molecule has 1 N–H and O–H groups in total. The summed E-state index contributed by atoms with van der Waals surface area (Å²) in [5.41, 5.74) is 0.974. The summed E-state index contributed by atoms with van der Waals surface area (Å²) < 4.78 is 11.0. The Balaban J connectivity index is 2.36. The Morgan fingerprint density at radius 1 is 1.32 bits per heavy atom. The standard InChI is InChI=1S/C15H18ClNO2/c1-4-10-6-8-14(19-10)15(17-2)12-7-5-11(18-3)9-13(12)16/h5-9,15,17H,4H2,1-3H3. The van der Waals surface area contributed by atoms with Gasteiger partial charge < -0.3 is 14.5 Å². The van der Waals surface area contributed by atoms with Crippen LogP contribution in [-0.4, -0.2) is 14.2 Å². The van der Waals surface area contributed by atoms with Crippen molar-refractivity contribution in [1.82, 2.24) is 5.32 Å². The molecule has 0 saturated carbocycles. The minimum absolute atomic E-state index is 0.0568. The van der Waals surface area contributed by atoms with E-state index in [1.54, 1.807) is 7.11 Å². The number of ether oxygens (including phenoxy) is 1. The Kier molecular flexibility index (Phi) is 4.51. The Morgan fingerprint density at radius 2 is 2.11 bits per heavy atom. The molecule has 1 heterocycles. The van der Waals surface area contributed by atoms with Crippen molar-refractivity contribution >= 4 is 11.6 Å². The number of methoxy groups -OCH3 is 1. The first kappa shape index (κ1) is 14.0. The summed E-state index contributed by atoms with van der Waals surface area (Å²) >= 11 is 6.31. The predicted octanol–water partition coefficient (Wildman–Crippen LogP) is 3.81. The molecular weight excluding hydrogens is 262 g/mol. The van der Waals surface area contributed by atoms with Gasteiger partial charge in [0.15, 0.2) is 0 Å². The maximum atomic E-state index is 6.31. The second kappa shape index (κ2) is 6.13. The van der Waals surface area contributed by atoms with E-state index in [0.29, 0.717) is 5.02 Å². The summed E-state index contributed by atoms with van der Waals surface area (Å²) in [7, 11) is 3.51. The number of hydrogen-bond donors (Lipinski definition) is 1. The van der Waals surface area contributed by atoms with Crippen molar-refractivity contribution in [3.05, 3.63) is 52.4 Å². The molecule has 1 unspecified atom stereocenters. The number of furan rings is 1. The summed E-state index contributed by atoms with van der Waals surface area (Å²) in [4.78, 5) is 0. The zero-order valence-electron chi connectivity index (χ0n) is 11.4. The molecule has 4 heteroatoms. The Morgan fingerprint density at radius 3 is 2.63 bits per heavy atom. The molecule has 1 aromatic carbocycles. The van der Waals surface area contributed by atoms with E-state index in [2.05, 4.69) is 12.2 Å². The third-order valence-corrected chi connectivity index (χ3v) is 3.45. The van der Waals surface area contributed by atoms with Crippen LogP contribution in [0.4, 0.5) is 0 Å². The van der Waals surface area contributed by atoms with Gasteiger partial charge >= 0.3 is 0 Å². The fourth-order valence-electron chi connectivity index (χ4n) is 2.06. The minimum atomic E-state index is -0.0568. The number of benzene rings is 1. The van der Waals surface area contributed by atoms with E-state index < -0.39 is 0 Å². The highest BCUT2D eigenvalue weighted by Crippen LogP contribution is 2.31. The maximum absolute atomic E-state index is 6.31. The lowest BCUT2D eigenvalue weighted by molar-refractivity contribution is 0.413. The Bertz CT molecular complexity index is 551. The third-order valence-electron chi connectivity index (χ3n) is 3.12. The van der Waals surface area contributed by atoms with Crippen LogP contribution in [0.3, 0.4) is 0 Å². The quantitative estimate of drug-likeness (QED) is 0.904. The number of halogens is 1. The molecular formula is C15H18ClNO2. The highest BCUT2D eigenvalue weighted by Gasteiger charge is 2.19. The molecule has 3 nitrogen and oxygen atoms in total. The monoisotopic (exact) mass is 279 g/mol. The maximum Gasteiger partial charge on any atom is 0.125 e. The van der Waals surface area contributed by atoms with Crippen LogP contribution in [0.1, 0.15) is 30.0 Å². The molecule has 102 valence electrons. The average molecular weight is 280 g/mol.